The third-order valence-corrected chi connectivity index (χ3v) is 5.14. The SMILES string of the molecule is CCOc1ccc(C(=O)NC(=NCCN2CCOCC2)Nc2ccc(C)cc2Cl)cc1. The summed E-state index contributed by atoms with van der Waals surface area (Å²) in [6.07, 6.45) is 0. The number of guanidine groups is 1. The van der Waals surface area contributed by atoms with E-state index in [1.165, 1.54) is 0 Å². The van der Waals surface area contributed by atoms with Crippen LogP contribution in [0.15, 0.2) is 47.5 Å². The zero-order valence-corrected chi connectivity index (χ0v) is 18.7. The molecule has 1 aliphatic heterocycles. The summed E-state index contributed by atoms with van der Waals surface area (Å²) in [5.74, 6) is 0.824. The van der Waals surface area contributed by atoms with Crippen LogP contribution in [0.4, 0.5) is 5.69 Å². The maximum atomic E-state index is 12.8. The molecule has 0 bridgehead atoms. The van der Waals surface area contributed by atoms with Gasteiger partial charge in [0.1, 0.15) is 5.75 Å². The van der Waals surface area contributed by atoms with E-state index in [9.17, 15) is 4.79 Å². The van der Waals surface area contributed by atoms with E-state index in [0.29, 0.717) is 35.4 Å². The molecule has 2 N–H and O–H groups in total. The van der Waals surface area contributed by atoms with Crippen LogP contribution in [0.25, 0.3) is 0 Å². The molecule has 2 aromatic rings. The number of hydrogen-bond acceptors (Lipinski definition) is 5. The number of aliphatic imine (C=N–C) groups is 1. The van der Waals surface area contributed by atoms with Gasteiger partial charge in [-0.2, -0.15) is 0 Å². The second kappa shape index (κ2) is 11.7. The number of halogens is 1. The van der Waals surface area contributed by atoms with Crippen LogP contribution in [0.3, 0.4) is 0 Å². The summed E-state index contributed by atoms with van der Waals surface area (Å²) in [7, 11) is 0. The van der Waals surface area contributed by atoms with Crippen LogP contribution in [0.1, 0.15) is 22.8 Å². The molecule has 0 radical (unpaired) electrons. The van der Waals surface area contributed by atoms with E-state index >= 15 is 0 Å². The molecule has 0 aliphatic carbocycles. The molecule has 0 spiro atoms. The Kier molecular flexibility index (Phi) is 8.70. The molecule has 0 unspecified atom stereocenters. The predicted octanol–water partition coefficient (Wildman–Crippen LogP) is 3.58. The van der Waals surface area contributed by atoms with Crippen LogP contribution in [-0.4, -0.2) is 62.8 Å². The Morgan fingerprint density at radius 2 is 1.94 bits per heavy atom. The number of morpholine rings is 1. The van der Waals surface area contributed by atoms with Gasteiger partial charge in [-0.3, -0.25) is 20.0 Å². The molecule has 31 heavy (non-hydrogen) atoms. The fourth-order valence-corrected chi connectivity index (χ4v) is 3.42. The lowest BCUT2D eigenvalue weighted by Crippen LogP contribution is -2.39. The maximum Gasteiger partial charge on any atom is 0.257 e. The minimum atomic E-state index is -0.260. The highest BCUT2D eigenvalue weighted by atomic mass is 35.5. The first kappa shape index (κ1) is 23.1. The van der Waals surface area contributed by atoms with Crippen LogP contribution >= 0.6 is 11.6 Å². The number of benzene rings is 2. The third-order valence-electron chi connectivity index (χ3n) is 4.83. The van der Waals surface area contributed by atoms with Gasteiger partial charge < -0.3 is 14.8 Å². The Hall–Kier alpha value is -2.61. The Bertz CT molecular complexity index is 896. The lowest BCUT2D eigenvalue weighted by molar-refractivity contribution is 0.0394. The van der Waals surface area contributed by atoms with Crippen molar-refractivity contribution in [3.63, 3.8) is 0 Å². The van der Waals surface area contributed by atoms with Gasteiger partial charge in [0.05, 0.1) is 37.1 Å². The fraction of sp³-hybridized carbons (Fsp3) is 0.391. The van der Waals surface area contributed by atoms with Gasteiger partial charge in [-0.15, -0.1) is 0 Å². The van der Waals surface area contributed by atoms with Crippen LogP contribution in [0.5, 0.6) is 5.75 Å². The van der Waals surface area contributed by atoms with Crippen LogP contribution in [0.2, 0.25) is 5.02 Å². The lowest BCUT2D eigenvalue weighted by Gasteiger charge is -2.25. The fourth-order valence-electron chi connectivity index (χ4n) is 3.14. The van der Waals surface area contributed by atoms with Gasteiger partial charge in [0.25, 0.3) is 5.91 Å². The Morgan fingerprint density at radius 1 is 1.19 bits per heavy atom. The largest absolute Gasteiger partial charge is 0.494 e. The molecule has 3 rings (SSSR count). The number of nitrogens with zero attached hydrogens (tertiary/aromatic N) is 2. The molecule has 1 amide bonds. The van der Waals surface area contributed by atoms with E-state index in [1.54, 1.807) is 24.3 Å². The van der Waals surface area contributed by atoms with Gasteiger partial charge in [-0.05, 0) is 55.8 Å². The van der Waals surface area contributed by atoms with Crippen molar-refractivity contribution in [3.8, 4) is 5.75 Å². The van der Waals surface area contributed by atoms with Crippen molar-refractivity contribution < 1.29 is 14.3 Å². The zero-order chi connectivity index (χ0) is 22.1. The first-order chi connectivity index (χ1) is 15.0. The molecule has 0 saturated carbocycles. The van der Waals surface area contributed by atoms with E-state index in [1.807, 2.05) is 32.0 Å². The Morgan fingerprint density at radius 3 is 2.61 bits per heavy atom. The molecule has 2 aromatic carbocycles. The van der Waals surface area contributed by atoms with Crippen molar-refractivity contribution in [1.82, 2.24) is 10.2 Å². The minimum absolute atomic E-state index is 0.260. The first-order valence-electron chi connectivity index (χ1n) is 10.5. The van der Waals surface area contributed by atoms with Gasteiger partial charge in [0.15, 0.2) is 0 Å². The summed E-state index contributed by atoms with van der Waals surface area (Å²) in [5.41, 5.74) is 2.25. The van der Waals surface area contributed by atoms with Crippen molar-refractivity contribution >= 4 is 29.2 Å². The molecule has 1 fully saturated rings. The molecule has 0 atom stereocenters. The Labute approximate surface area is 188 Å². The number of rotatable bonds is 7. The summed E-state index contributed by atoms with van der Waals surface area (Å²) < 4.78 is 10.8. The summed E-state index contributed by atoms with van der Waals surface area (Å²) in [5, 5.41) is 6.60. The summed E-state index contributed by atoms with van der Waals surface area (Å²) in [6.45, 7) is 9.05. The van der Waals surface area contributed by atoms with Crippen molar-refractivity contribution in [2.24, 2.45) is 4.99 Å². The number of carbonyl (C=O) groups excluding carboxylic acids is 1. The monoisotopic (exact) mass is 444 g/mol. The van der Waals surface area contributed by atoms with Crippen LogP contribution in [0, 0.1) is 6.92 Å². The average molecular weight is 445 g/mol. The summed E-state index contributed by atoms with van der Waals surface area (Å²) in [4.78, 5) is 19.7. The van der Waals surface area contributed by atoms with E-state index in [2.05, 4.69) is 20.5 Å². The molecule has 0 aromatic heterocycles. The molecule has 1 saturated heterocycles. The van der Waals surface area contributed by atoms with Gasteiger partial charge in [0.2, 0.25) is 5.96 Å². The quantitative estimate of drug-likeness (QED) is 0.504. The number of amides is 1. The van der Waals surface area contributed by atoms with Crippen molar-refractivity contribution in [2.45, 2.75) is 13.8 Å². The summed E-state index contributed by atoms with van der Waals surface area (Å²) in [6, 6.07) is 12.7. The van der Waals surface area contributed by atoms with E-state index in [-0.39, 0.29) is 5.91 Å². The van der Waals surface area contributed by atoms with Crippen molar-refractivity contribution in [2.75, 3.05) is 51.3 Å². The molecule has 1 heterocycles. The van der Waals surface area contributed by atoms with E-state index in [0.717, 1.165) is 44.2 Å². The topological polar surface area (TPSA) is 75.2 Å². The molecule has 8 heteroatoms. The molecular formula is C23H29ClN4O3. The van der Waals surface area contributed by atoms with Crippen LogP contribution in [-0.2, 0) is 4.74 Å². The standard InChI is InChI=1S/C23H29ClN4O3/c1-3-31-19-7-5-18(6-8-19)22(29)27-23(25-10-11-28-12-14-30-15-13-28)26-21-9-4-17(2)16-20(21)24/h4-9,16H,3,10-15H2,1-2H3,(H2,25,26,27,29). The highest BCUT2D eigenvalue weighted by molar-refractivity contribution is 6.34. The number of ether oxygens (including phenoxy) is 2. The second-order valence-electron chi connectivity index (χ2n) is 7.20. The highest BCUT2D eigenvalue weighted by Gasteiger charge is 2.13. The normalized spacial score (nSPS) is 14.9. The third kappa shape index (κ3) is 7.24. The lowest BCUT2D eigenvalue weighted by atomic mass is 10.2. The van der Waals surface area contributed by atoms with Crippen molar-refractivity contribution in [1.29, 1.82) is 0 Å². The van der Waals surface area contributed by atoms with Crippen LogP contribution < -0.4 is 15.4 Å². The highest BCUT2D eigenvalue weighted by Crippen LogP contribution is 2.22. The van der Waals surface area contributed by atoms with Gasteiger partial charge in [0, 0.05) is 25.2 Å². The van der Waals surface area contributed by atoms with E-state index in [4.69, 9.17) is 21.1 Å². The number of aryl methyl sites for hydroxylation is 1. The van der Waals surface area contributed by atoms with Gasteiger partial charge in [-0.1, -0.05) is 17.7 Å². The summed E-state index contributed by atoms with van der Waals surface area (Å²) >= 11 is 6.36. The second-order valence-corrected chi connectivity index (χ2v) is 7.61. The molecule has 1 aliphatic rings. The predicted molar refractivity (Wildman–Crippen MR) is 124 cm³/mol. The average Bonchev–Trinajstić information content (AvgIpc) is 2.77. The molecule has 7 nitrogen and oxygen atoms in total. The number of hydrogen-bond donors (Lipinski definition) is 2. The van der Waals surface area contributed by atoms with Gasteiger partial charge in [-0.25, -0.2) is 0 Å². The maximum absolute atomic E-state index is 12.8. The first-order valence-corrected chi connectivity index (χ1v) is 10.8. The molecule has 166 valence electrons. The zero-order valence-electron chi connectivity index (χ0n) is 18.0. The van der Waals surface area contributed by atoms with Crippen molar-refractivity contribution in [3.05, 3.63) is 58.6 Å². The number of nitrogens with one attached hydrogen (secondary N) is 2. The minimum Gasteiger partial charge on any atom is -0.494 e. The number of anilines is 1. The van der Waals surface area contributed by atoms with Gasteiger partial charge >= 0.3 is 0 Å². The smallest absolute Gasteiger partial charge is 0.257 e. The number of carbonyl (C=O) groups is 1. The van der Waals surface area contributed by atoms with E-state index < -0.39 is 0 Å². The Balaban J connectivity index is 1.70. The molecular weight excluding hydrogens is 416 g/mol.